The fourth-order valence-corrected chi connectivity index (χ4v) is 2.82. The van der Waals surface area contributed by atoms with Gasteiger partial charge in [-0.2, -0.15) is 0 Å². The summed E-state index contributed by atoms with van der Waals surface area (Å²) in [4.78, 5) is 22.8. The summed E-state index contributed by atoms with van der Waals surface area (Å²) in [5.41, 5.74) is -0.246. The van der Waals surface area contributed by atoms with Gasteiger partial charge in [0.25, 0.3) is 0 Å². The van der Waals surface area contributed by atoms with Crippen molar-refractivity contribution in [3.63, 3.8) is 0 Å². The zero-order valence-corrected chi connectivity index (χ0v) is 12.5. The second kappa shape index (κ2) is 8.95. The summed E-state index contributed by atoms with van der Waals surface area (Å²) in [7, 11) is 0. The van der Waals surface area contributed by atoms with E-state index in [0.717, 1.165) is 32.1 Å². The van der Waals surface area contributed by atoms with Crippen LogP contribution in [-0.2, 0) is 14.3 Å². The number of hydrogen-bond donors (Lipinski definition) is 2. The van der Waals surface area contributed by atoms with Crippen molar-refractivity contribution in [1.29, 1.82) is 0 Å². The normalized spacial score (nSPS) is 17.6. The third-order valence-electron chi connectivity index (χ3n) is 3.92. The minimum Gasteiger partial charge on any atom is -0.481 e. The second-order valence-electron chi connectivity index (χ2n) is 5.77. The molecular formula is C15H27NO4. The highest BCUT2D eigenvalue weighted by atomic mass is 16.5. The number of ether oxygens (including phenoxy) is 1. The summed E-state index contributed by atoms with van der Waals surface area (Å²) < 4.78 is 5.28. The van der Waals surface area contributed by atoms with Crippen LogP contribution in [0.3, 0.4) is 0 Å². The minimum absolute atomic E-state index is 0.0450. The number of carbonyl (C=O) groups is 2. The first-order chi connectivity index (χ1) is 9.58. The van der Waals surface area contributed by atoms with Crippen molar-refractivity contribution in [3.8, 4) is 0 Å². The zero-order valence-electron chi connectivity index (χ0n) is 12.5. The number of carbonyl (C=O) groups excluding carboxylic acids is 1. The Morgan fingerprint density at radius 2 is 1.90 bits per heavy atom. The molecule has 20 heavy (non-hydrogen) atoms. The Bertz CT molecular complexity index is 311. The minimum atomic E-state index is -0.771. The van der Waals surface area contributed by atoms with Crippen molar-refractivity contribution < 1.29 is 19.4 Å². The summed E-state index contributed by atoms with van der Waals surface area (Å²) in [6.07, 6.45) is 6.52. The van der Waals surface area contributed by atoms with Crippen LogP contribution in [0.2, 0.25) is 0 Å². The first kappa shape index (κ1) is 17.0. The standard InChI is InChI=1S/C15H27NO4/c1-2-9-20-10-6-13(17)16-12-15(11-14(18)19)7-4-3-5-8-15/h2-12H2,1H3,(H,16,17)(H,18,19). The molecule has 5 heteroatoms. The molecule has 0 atom stereocenters. The lowest BCUT2D eigenvalue weighted by molar-refractivity contribution is -0.140. The van der Waals surface area contributed by atoms with E-state index in [-0.39, 0.29) is 17.7 Å². The van der Waals surface area contributed by atoms with Gasteiger partial charge in [-0.1, -0.05) is 26.2 Å². The van der Waals surface area contributed by atoms with Gasteiger partial charge in [0.05, 0.1) is 13.0 Å². The average Bonchev–Trinajstić information content (AvgIpc) is 2.42. The molecule has 1 aliphatic carbocycles. The molecule has 2 N–H and O–H groups in total. The summed E-state index contributed by atoms with van der Waals surface area (Å²) >= 11 is 0. The maximum atomic E-state index is 11.7. The van der Waals surface area contributed by atoms with Crippen LogP contribution in [0, 0.1) is 5.41 Å². The smallest absolute Gasteiger partial charge is 0.303 e. The molecule has 0 aliphatic heterocycles. The predicted molar refractivity (Wildman–Crippen MR) is 76.5 cm³/mol. The molecule has 0 bridgehead atoms. The van der Waals surface area contributed by atoms with E-state index < -0.39 is 5.97 Å². The lowest BCUT2D eigenvalue weighted by atomic mass is 9.71. The van der Waals surface area contributed by atoms with E-state index in [0.29, 0.717) is 26.2 Å². The molecule has 1 aliphatic rings. The molecular weight excluding hydrogens is 258 g/mol. The van der Waals surface area contributed by atoms with Crippen LogP contribution in [0.1, 0.15) is 58.3 Å². The number of rotatable bonds is 9. The maximum absolute atomic E-state index is 11.7. The largest absolute Gasteiger partial charge is 0.481 e. The molecule has 1 rings (SSSR count). The molecule has 116 valence electrons. The number of nitrogens with one attached hydrogen (secondary N) is 1. The van der Waals surface area contributed by atoms with Crippen molar-refractivity contribution in [3.05, 3.63) is 0 Å². The molecule has 0 aromatic rings. The molecule has 0 aromatic heterocycles. The van der Waals surface area contributed by atoms with Gasteiger partial charge in [0.1, 0.15) is 0 Å². The molecule has 5 nitrogen and oxygen atoms in total. The summed E-state index contributed by atoms with van der Waals surface area (Å²) in [5, 5.41) is 12.0. The lowest BCUT2D eigenvalue weighted by Crippen LogP contribution is -2.40. The molecule has 0 aromatic carbocycles. The Morgan fingerprint density at radius 1 is 1.20 bits per heavy atom. The number of carboxylic acids is 1. The van der Waals surface area contributed by atoms with Crippen molar-refractivity contribution in [2.45, 2.75) is 58.3 Å². The van der Waals surface area contributed by atoms with Crippen molar-refractivity contribution in [2.24, 2.45) is 5.41 Å². The Labute approximate surface area is 121 Å². The van der Waals surface area contributed by atoms with E-state index in [4.69, 9.17) is 9.84 Å². The first-order valence-corrected chi connectivity index (χ1v) is 7.64. The molecule has 0 unspecified atom stereocenters. The molecule has 0 heterocycles. The average molecular weight is 285 g/mol. The van der Waals surface area contributed by atoms with E-state index in [2.05, 4.69) is 5.32 Å². The fourth-order valence-electron chi connectivity index (χ4n) is 2.82. The van der Waals surface area contributed by atoms with E-state index >= 15 is 0 Å². The van der Waals surface area contributed by atoms with E-state index in [9.17, 15) is 9.59 Å². The van der Waals surface area contributed by atoms with Gasteiger partial charge < -0.3 is 15.2 Å². The number of hydrogen-bond acceptors (Lipinski definition) is 3. The molecule has 0 radical (unpaired) electrons. The van der Waals surface area contributed by atoms with Gasteiger partial charge in [-0.05, 0) is 24.7 Å². The van der Waals surface area contributed by atoms with Crippen LogP contribution >= 0.6 is 0 Å². The van der Waals surface area contributed by atoms with Crippen LogP contribution in [0.15, 0.2) is 0 Å². The number of carboxylic acid groups (broad SMARTS) is 1. The predicted octanol–water partition coefficient (Wildman–Crippen LogP) is 2.34. The van der Waals surface area contributed by atoms with Crippen LogP contribution in [0.25, 0.3) is 0 Å². The van der Waals surface area contributed by atoms with E-state index in [1.807, 2.05) is 6.92 Å². The van der Waals surface area contributed by atoms with Gasteiger partial charge in [-0.3, -0.25) is 9.59 Å². The molecule has 1 amide bonds. The Hall–Kier alpha value is -1.10. The first-order valence-electron chi connectivity index (χ1n) is 7.64. The van der Waals surface area contributed by atoms with E-state index in [1.54, 1.807) is 0 Å². The molecule has 0 saturated heterocycles. The van der Waals surface area contributed by atoms with Gasteiger partial charge in [0, 0.05) is 19.6 Å². The highest BCUT2D eigenvalue weighted by Gasteiger charge is 2.34. The summed E-state index contributed by atoms with van der Waals surface area (Å²) in [6, 6.07) is 0. The SMILES string of the molecule is CCCOCCC(=O)NCC1(CC(=O)O)CCCCC1. The third kappa shape index (κ3) is 6.37. The van der Waals surface area contributed by atoms with E-state index in [1.165, 1.54) is 6.42 Å². The van der Waals surface area contributed by atoms with Crippen molar-refractivity contribution >= 4 is 11.9 Å². The number of amides is 1. The zero-order chi connectivity index (χ0) is 14.8. The lowest BCUT2D eigenvalue weighted by Gasteiger charge is -2.36. The quantitative estimate of drug-likeness (QED) is 0.638. The highest BCUT2D eigenvalue weighted by Crippen LogP contribution is 2.38. The highest BCUT2D eigenvalue weighted by molar-refractivity contribution is 5.76. The molecule has 1 saturated carbocycles. The van der Waals surface area contributed by atoms with Gasteiger partial charge in [0.15, 0.2) is 0 Å². The van der Waals surface area contributed by atoms with Crippen LogP contribution in [0.4, 0.5) is 0 Å². The summed E-state index contributed by atoms with van der Waals surface area (Å²) in [5.74, 6) is -0.816. The van der Waals surface area contributed by atoms with Gasteiger partial charge in [-0.15, -0.1) is 0 Å². The summed E-state index contributed by atoms with van der Waals surface area (Å²) in [6.45, 7) is 3.62. The van der Waals surface area contributed by atoms with Crippen molar-refractivity contribution in [2.75, 3.05) is 19.8 Å². The van der Waals surface area contributed by atoms with Gasteiger partial charge in [-0.25, -0.2) is 0 Å². The van der Waals surface area contributed by atoms with Gasteiger partial charge in [0.2, 0.25) is 5.91 Å². The second-order valence-corrected chi connectivity index (χ2v) is 5.77. The Balaban J connectivity index is 2.34. The molecule has 0 spiro atoms. The molecule has 1 fully saturated rings. The Kier molecular flexibility index (Phi) is 7.59. The number of aliphatic carboxylic acids is 1. The maximum Gasteiger partial charge on any atom is 0.303 e. The van der Waals surface area contributed by atoms with Crippen LogP contribution < -0.4 is 5.32 Å². The van der Waals surface area contributed by atoms with Crippen LogP contribution in [-0.4, -0.2) is 36.7 Å². The Morgan fingerprint density at radius 3 is 2.50 bits per heavy atom. The third-order valence-corrected chi connectivity index (χ3v) is 3.92. The van der Waals surface area contributed by atoms with Gasteiger partial charge >= 0.3 is 5.97 Å². The van der Waals surface area contributed by atoms with Crippen LogP contribution in [0.5, 0.6) is 0 Å². The fraction of sp³-hybridized carbons (Fsp3) is 0.867. The topological polar surface area (TPSA) is 75.6 Å². The van der Waals surface area contributed by atoms with Crippen molar-refractivity contribution in [1.82, 2.24) is 5.32 Å². The monoisotopic (exact) mass is 285 g/mol.